The largest absolute Gasteiger partial charge is 0.493 e. The van der Waals surface area contributed by atoms with Crippen LogP contribution in [-0.2, 0) is 4.79 Å². The fraction of sp³-hybridized carbons (Fsp3) is 0.278. The lowest BCUT2D eigenvalue weighted by Crippen LogP contribution is -2.12. The van der Waals surface area contributed by atoms with Crippen LogP contribution in [0.2, 0.25) is 0 Å². The highest BCUT2D eigenvalue weighted by atomic mass is 79.9. The number of ether oxygens (including phenoxy) is 1. The molecular formula is C18H20BrNO2. The second-order valence-electron chi connectivity index (χ2n) is 5.21. The number of rotatable bonds is 6. The van der Waals surface area contributed by atoms with Crippen LogP contribution in [0.5, 0.6) is 5.75 Å². The molecule has 4 heteroatoms. The maximum absolute atomic E-state index is 11.9. The van der Waals surface area contributed by atoms with E-state index in [2.05, 4.69) is 34.2 Å². The summed E-state index contributed by atoms with van der Waals surface area (Å²) in [6, 6.07) is 13.6. The summed E-state index contributed by atoms with van der Waals surface area (Å²) in [5.74, 6) is 0.898. The molecule has 0 heterocycles. The Balaban J connectivity index is 1.74. The molecule has 0 radical (unpaired) electrons. The summed E-state index contributed by atoms with van der Waals surface area (Å²) < 4.78 is 6.70. The van der Waals surface area contributed by atoms with Crippen molar-refractivity contribution in [1.82, 2.24) is 0 Å². The van der Waals surface area contributed by atoms with Crippen molar-refractivity contribution in [2.45, 2.75) is 26.7 Å². The summed E-state index contributed by atoms with van der Waals surface area (Å²) in [5, 5.41) is 2.88. The van der Waals surface area contributed by atoms with Gasteiger partial charge in [0.25, 0.3) is 0 Å². The number of aryl methyl sites for hydroxylation is 1. The highest BCUT2D eigenvalue weighted by Crippen LogP contribution is 2.21. The number of carbonyl (C=O) groups excluding carboxylic acids is 1. The Morgan fingerprint density at radius 1 is 1.18 bits per heavy atom. The molecule has 116 valence electrons. The number of amides is 1. The average Bonchev–Trinajstić information content (AvgIpc) is 2.48. The van der Waals surface area contributed by atoms with Gasteiger partial charge in [-0.1, -0.05) is 34.1 Å². The van der Waals surface area contributed by atoms with Gasteiger partial charge in [0.1, 0.15) is 5.75 Å². The van der Waals surface area contributed by atoms with Gasteiger partial charge in [-0.3, -0.25) is 4.79 Å². The summed E-state index contributed by atoms with van der Waals surface area (Å²) in [6.45, 7) is 4.65. The molecule has 2 aromatic carbocycles. The number of hydrogen-bond acceptors (Lipinski definition) is 2. The molecule has 0 aliphatic rings. The number of carbonyl (C=O) groups is 1. The zero-order chi connectivity index (χ0) is 15.9. The van der Waals surface area contributed by atoms with Crippen LogP contribution in [0.1, 0.15) is 24.0 Å². The lowest BCUT2D eigenvalue weighted by molar-refractivity contribution is -0.116. The van der Waals surface area contributed by atoms with E-state index in [0.717, 1.165) is 21.5 Å². The van der Waals surface area contributed by atoms with Gasteiger partial charge in [-0.05, 0) is 55.7 Å². The topological polar surface area (TPSA) is 38.3 Å². The summed E-state index contributed by atoms with van der Waals surface area (Å²) in [7, 11) is 0. The number of hydrogen-bond donors (Lipinski definition) is 1. The average molecular weight is 362 g/mol. The fourth-order valence-corrected chi connectivity index (χ4v) is 2.48. The molecule has 0 spiro atoms. The SMILES string of the molecule is Cc1cccc(OCCCC(=O)Nc2cccc(Br)c2)c1C. The zero-order valence-electron chi connectivity index (χ0n) is 12.9. The molecule has 1 N–H and O–H groups in total. The first-order valence-corrected chi connectivity index (χ1v) is 8.10. The minimum atomic E-state index is 0.00247. The van der Waals surface area contributed by atoms with Crippen LogP contribution in [0, 0.1) is 13.8 Å². The van der Waals surface area contributed by atoms with Crippen LogP contribution in [0.4, 0.5) is 5.69 Å². The monoisotopic (exact) mass is 361 g/mol. The van der Waals surface area contributed by atoms with Gasteiger partial charge in [-0.2, -0.15) is 0 Å². The molecule has 2 aromatic rings. The molecule has 0 unspecified atom stereocenters. The highest BCUT2D eigenvalue weighted by Gasteiger charge is 2.05. The van der Waals surface area contributed by atoms with Gasteiger partial charge in [0.05, 0.1) is 6.61 Å². The molecule has 0 aliphatic carbocycles. The van der Waals surface area contributed by atoms with Gasteiger partial charge in [-0.25, -0.2) is 0 Å². The molecular weight excluding hydrogens is 342 g/mol. The van der Waals surface area contributed by atoms with E-state index < -0.39 is 0 Å². The summed E-state index contributed by atoms with van der Waals surface area (Å²) in [4.78, 5) is 11.9. The Kier molecular flexibility index (Phi) is 6.01. The quantitative estimate of drug-likeness (QED) is 0.745. The Labute approximate surface area is 139 Å². The van der Waals surface area contributed by atoms with Crippen LogP contribution in [0.3, 0.4) is 0 Å². The summed E-state index contributed by atoms with van der Waals surface area (Å²) in [6.07, 6.45) is 1.13. The second kappa shape index (κ2) is 7.99. The smallest absolute Gasteiger partial charge is 0.224 e. The highest BCUT2D eigenvalue weighted by molar-refractivity contribution is 9.10. The lowest BCUT2D eigenvalue weighted by atomic mass is 10.1. The maximum atomic E-state index is 11.9. The summed E-state index contributed by atoms with van der Waals surface area (Å²) in [5.41, 5.74) is 3.17. The van der Waals surface area contributed by atoms with E-state index in [4.69, 9.17) is 4.74 Å². The molecule has 0 saturated carbocycles. The van der Waals surface area contributed by atoms with Crippen molar-refractivity contribution in [2.24, 2.45) is 0 Å². The Morgan fingerprint density at radius 3 is 2.73 bits per heavy atom. The van der Waals surface area contributed by atoms with Crippen LogP contribution in [-0.4, -0.2) is 12.5 Å². The third-order valence-corrected chi connectivity index (χ3v) is 3.96. The second-order valence-corrected chi connectivity index (χ2v) is 6.12. The van der Waals surface area contributed by atoms with Crippen LogP contribution < -0.4 is 10.1 Å². The first-order chi connectivity index (χ1) is 10.6. The molecule has 0 aromatic heterocycles. The molecule has 2 rings (SSSR count). The fourth-order valence-electron chi connectivity index (χ4n) is 2.09. The van der Waals surface area contributed by atoms with Gasteiger partial charge in [0.2, 0.25) is 5.91 Å². The normalized spacial score (nSPS) is 10.3. The Morgan fingerprint density at radius 2 is 1.95 bits per heavy atom. The predicted molar refractivity (Wildman–Crippen MR) is 93.4 cm³/mol. The molecule has 0 atom stereocenters. The third kappa shape index (κ3) is 4.88. The van der Waals surface area contributed by atoms with Crippen molar-refractivity contribution in [2.75, 3.05) is 11.9 Å². The minimum Gasteiger partial charge on any atom is -0.493 e. The third-order valence-electron chi connectivity index (χ3n) is 3.47. The molecule has 22 heavy (non-hydrogen) atoms. The first-order valence-electron chi connectivity index (χ1n) is 7.30. The standard InChI is InChI=1S/C18H20BrNO2/c1-13-6-3-9-17(14(13)2)22-11-5-10-18(21)20-16-8-4-7-15(19)12-16/h3-4,6-9,12H,5,10-11H2,1-2H3,(H,20,21). The van der Waals surface area contributed by atoms with E-state index in [1.807, 2.05) is 43.3 Å². The minimum absolute atomic E-state index is 0.00247. The van der Waals surface area contributed by atoms with Gasteiger partial charge in [0, 0.05) is 16.6 Å². The van der Waals surface area contributed by atoms with E-state index in [1.54, 1.807) is 0 Å². The molecule has 0 aliphatic heterocycles. The molecule has 1 amide bonds. The number of anilines is 1. The molecule has 0 saturated heterocycles. The Bertz CT molecular complexity index is 655. The van der Waals surface area contributed by atoms with Crippen molar-refractivity contribution < 1.29 is 9.53 Å². The van der Waals surface area contributed by atoms with Gasteiger partial charge >= 0.3 is 0 Å². The van der Waals surface area contributed by atoms with E-state index in [1.165, 1.54) is 5.56 Å². The molecule has 0 bridgehead atoms. The van der Waals surface area contributed by atoms with Gasteiger partial charge < -0.3 is 10.1 Å². The van der Waals surface area contributed by atoms with Crippen molar-refractivity contribution in [3.63, 3.8) is 0 Å². The molecule has 3 nitrogen and oxygen atoms in total. The number of benzene rings is 2. The van der Waals surface area contributed by atoms with E-state index >= 15 is 0 Å². The van der Waals surface area contributed by atoms with E-state index in [0.29, 0.717) is 19.4 Å². The van der Waals surface area contributed by atoms with Crippen molar-refractivity contribution in [1.29, 1.82) is 0 Å². The van der Waals surface area contributed by atoms with Gasteiger partial charge in [0.15, 0.2) is 0 Å². The molecule has 0 fully saturated rings. The van der Waals surface area contributed by atoms with E-state index in [9.17, 15) is 4.79 Å². The number of halogens is 1. The van der Waals surface area contributed by atoms with E-state index in [-0.39, 0.29) is 5.91 Å². The van der Waals surface area contributed by atoms with Crippen molar-refractivity contribution >= 4 is 27.5 Å². The lowest BCUT2D eigenvalue weighted by Gasteiger charge is -2.11. The van der Waals surface area contributed by atoms with Crippen molar-refractivity contribution in [3.8, 4) is 5.75 Å². The maximum Gasteiger partial charge on any atom is 0.224 e. The zero-order valence-corrected chi connectivity index (χ0v) is 14.4. The van der Waals surface area contributed by atoms with Crippen LogP contribution in [0.25, 0.3) is 0 Å². The van der Waals surface area contributed by atoms with Crippen molar-refractivity contribution in [3.05, 3.63) is 58.1 Å². The first kappa shape index (κ1) is 16.6. The van der Waals surface area contributed by atoms with Crippen LogP contribution >= 0.6 is 15.9 Å². The predicted octanol–water partition coefficient (Wildman–Crippen LogP) is 4.86. The Hall–Kier alpha value is -1.81. The number of nitrogens with one attached hydrogen (secondary N) is 1. The van der Waals surface area contributed by atoms with Gasteiger partial charge in [-0.15, -0.1) is 0 Å². The van der Waals surface area contributed by atoms with Crippen LogP contribution in [0.15, 0.2) is 46.9 Å². The summed E-state index contributed by atoms with van der Waals surface area (Å²) >= 11 is 3.38.